The number of carbonyl (C=O) groups is 2. The molecule has 2 fully saturated rings. The summed E-state index contributed by atoms with van der Waals surface area (Å²) >= 11 is 0. The molecule has 20 heteroatoms. The summed E-state index contributed by atoms with van der Waals surface area (Å²) in [5.41, 5.74) is 0. The number of carboxylic acids is 1. The highest BCUT2D eigenvalue weighted by Gasteiger charge is 2.53. The van der Waals surface area contributed by atoms with Crippen LogP contribution in [0, 0.1) is 0 Å². The Morgan fingerprint density at radius 1 is 0.500 bits per heavy atom. The van der Waals surface area contributed by atoms with E-state index >= 15 is 0 Å². The van der Waals surface area contributed by atoms with E-state index in [1.54, 1.807) is 7.11 Å². The van der Waals surface area contributed by atoms with Crippen molar-refractivity contribution >= 4 is 19.7 Å². The van der Waals surface area contributed by atoms with E-state index in [4.69, 9.17) is 47.2 Å². The number of carboxylic acid groups (broad SMARTS) is 1. The van der Waals surface area contributed by atoms with Crippen molar-refractivity contribution in [2.75, 3.05) is 53.9 Å². The van der Waals surface area contributed by atoms with Gasteiger partial charge in [-0.05, 0) is 64.2 Å². The average molecular weight is 1310 g/mol. The number of nitrogens with one attached hydrogen (secondary N) is 1. The number of allylic oxidation sites excluding steroid dienone is 2. The van der Waals surface area contributed by atoms with Crippen LogP contribution in [0.3, 0.4) is 0 Å². The Kier molecular flexibility index (Phi) is 53.0. The van der Waals surface area contributed by atoms with Crippen LogP contribution in [-0.2, 0) is 61.3 Å². The zero-order valence-electron chi connectivity index (χ0n) is 57.5. The number of phosphoric acid groups is 1. The first-order chi connectivity index (χ1) is 43.7. The Morgan fingerprint density at radius 3 is 1.50 bits per heavy atom. The number of unbranched alkanes of at least 4 members (excludes halogenated alkanes) is 32. The van der Waals surface area contributed by atoms with E-state index in [1.807, 2.05) is 0 Å². The van der Waals surface area contributed by atoms with Crippen LogP contribution in [0.5, 0.6) is 0 Å². The summed E-state index contributed by atoms with van der Waals surface area (Å²) in [5, 5.41) is 36.3. The van der Waals surface area contributed by atoms with Crippen molar-refractivity contribution in [2.24, 2.45) is 0 Å². The number of amides is 1. The average Bonchev–Trinajstić information content (AvgIpc) is 0.898. The van der Waals surface area contributed by atoms with Crippen LogP contribution >= 0.6 is 7.82 Å². The molecule has 0 spiro atoms. The lowest BCUT2D eigenvalue weighted by Gasteiger charge is -2.47. The van der Waals surface area contributed by atoms with Gasteiger partial charge in [0.25, 0.3) is 0 Å². The molecule has 0 saturated carbocycles. The lowest BCUT2D eigenvalue weighted by molar-refractivity contribution is -0.330. The lowest BCUT2D eigenvalue weighted by atomic mass is 9.95. The Morgan fingerprint density at radius 2 is 0.967 bits per heavy atom. The number of hydrogen-bond acceptors (Lipinski definition) is 15. The molecular weight excluding hydrogens is 1170 g/mol. The van der Waals surface area contributed by atoms with Crippen LogP contribution in [-0.4, -0.2) is 164 Å². The number of carbonyl (C=O) groups excluding carboxylic acids is 1. The number of phosphoric ester groups is 1. The maximum Gasteiger partial charge on any atom is 0.470 e. The molecule has 2 aliphatic rings. The molecule has 0 radical (unpaired) electrons. The minimum atomic E-state index is -5.22. The van der Waals surface area contributed by atoms with Crippen LogP contribution in [0.25, 0.3) is 0 Å². The monoisotopic (exact) mass is 1310 g/mol. The number of aliphatic hydroxyl groups excluding tert-OH is 2. The molecule has 0 bridgehead atoms. The maximum atomic E-state index is 14.2. The summed E-state index contributed by atoms with van der Waals surface area (Å²) in [5.74, 6) is -1.61. The molecule has 2 rings (SSSR count). The van der Waals surface area contributed by atoms with Crippen molar-refractivity contribution in [1.29, 1.82) is 0 Å². The standard InChI is InChI=1S/C70H134NO18P/c1-7-11-15-19-22-25-27-28-29-30-31-33-36-40-44-48-61(73)71-63-66(83-53-50-58(81-6)47-43-38-18-14-10-4)65(89-90(77,78)79)60(54-80-5)88-69(63)85-55-59-64(76)67(82-51-45-41-37-34-26-23-20-16-12-8-2)68(70(87-59)86-56-62(74)75)84-52-49-57(72)46-42-39-35-32-24-21-17-13-9-3/h25,27,57-60,63-70,72,76H,7-24,26,28-56H2,1-6H3,(H,71,73)(H,74,75)(H2,77,78,79)/b27-25+/t57-,58-,59-,60-,63-,64-,65-,66-,67+,68-,69-,70+/m1/s1. The first-order valence-electron chi connectivity index (χ1n) is 36.4. The van der Waals surface area contributed by atoms with Crippen LogP contribution in [0.2, 0.25) is 0 Å². The highest BCUT2D eigenvalue weighted by Crippen LogP contribution is 2.43. The molecule has 2 aliphatic heterocycles. The molecular formula is C70H134NO18P. The molecule has 90 heavy (non-hydrogen) atoms. The number of aliphatic hydroxyl groups is 2. The highest BCUT2D eigenvalue weighted by molar-refractivity contribution is 7.46. The van der Waals surface area contributed by atoms with E-state index in [-0.39, 0.29) is 44.9 Å². The number of aliphatic carboxylic acids is 1. The summed E-state index contributed by atoms with van der Waals surface area (Å²) < 4.78 is 74.6. The van der Waals surface area contributed by atoms with Crippen LogP contribution in [0.4, 0.5) is 0 Å². The van der Waals surface area contributed by atoms with E-state index in [9.17, 15) is 39.3 Å². The minimum Gasteiger partial charge on any atom is -0.480 e. The summed E-state index contributed by atoms with van der Waals surface area (Å²) in [6.07, 6.45) is 35.9. The smallest absolute Gasteiger partial charge is 0.470 e. The molecule has 2 saturated heterocycles. The molecule has 12 atom stereocenters. The quantitative estimate of drug-likeness (QED) is 0.0188. The Labute approximate surface area is 546 Å². The van der Waals surface area contributed by atoms with Gasteiger partial charge in [0.1, 0.15) is 55.4 Å². The normalized spacial score (nSPS) is 23.0. The van der Waals surface area contributed by atoms with Gasteiger partial charge in [-0.1, -0.05) is 239 Å². The van der Waals surface area contributed by atoms with Gasteiger partial charge in [0.05, 0.1) is 25.4 Å². The van der Waals surface area contributed by atoms with Gasteiger partial charge in [0.2, 0.25) is 5.91 Å². The van der Waals surface area contributed by atoms with Gasteiger partial charge in [-0.25, -0.2) is 9.36 Å². The van der Waals surface area contributed by atoms with Crippen LogP contribution in [0.1, 0.15) is 297 Å². The molecule has 1 amide bonds. The Balaban J connectivity index is 2.41. The second-order valence-electron chi connectivity index (χ2n) is 25.7. The Bertz CT molecular complexity index is 1750. The second kappa shape index (κ2) is 56.5. The third-order valence-corrected chi connectivity index (χ3v) is 18.1. The van der Waals surface area contributed by atoms with E-state index < -0.39 is 94.5 Å². The fourth-order valence-electron chi connectivity index (χ4n) is 12.1. The van der Waals surface area contributed by atoms with Gasteiger partial charge in [0.15, 0.2) is 12.6 Å². The SMILES string of the molecule is CCCCCC/C=C/CCCCCCCCCC(=O)N[C@H]1[C@H](OC[C@H]2O[C@H](OCC(=O)O)[C@H](OCC[C@H](O)CCCCCCCCCCC)[C@@H](OCCCCCCCCCCCC)[C@@H]2O)O[C@H](COC)[C@@H](OP(=O)(O)O)[C@@H]1OCC[C@@H](CCCCCCC)OC. The van der Waals surface area contributed by atoms with Crippen molar-refractivity contribution in [3.63, 3.8) is 0 Å². The summed E-state index contributed by atoms with van der Waals surface area (Å²) in [6, 6.07) is -1.22. The molecule has 0 aliphatic carbocycles. The first kappa shape index (κ1) is 84.4. The van der Waals surface area contributed by atoms with Crippen molar-refractivity contribution in [1.82, 2.24) is 5.32 Å². The van der Waals surface area contributed by atoms with Crippen molar-refractivity contribution in [2.45, 2.75) is 371 Å². The van der Waals surface area contributed by atoms with Gasteiger partial charge < -0.3 is 73.1 Å². The summed E-state index contributed by atoms with van der Waals surface area (Å²) in [6.45, 7) is 7.85. The predicted octanol–water partition coefficient (Wildman–Crippen LogP) is 15.1. The van der Waals surface area contributed by atoms with E-state index in [2.05, 4.69) is 45.2 Å². The highest BCUT2D eigenvalue weighted by atomic mass is 31.2. The van der Waals surface area contributed by atoms with E-state index in [1.165, 1.54) is 110 Å². The van der Waals surface area contributed by atoms with Gasteiger partial charge in [0, 0.05) is 40.5 Å². The number of hydrogen-bond donors (Lipinski definition) is 6. The fraction of sp³-hybridized carbons (Fsp3) is 0.943. The molecule has 0 unspecified atom stereocenters. The summed E-state index contributed by atoms with van der Waals surface area (Å²) in [7, 11) is -2.16. The summed E-state index contributed by atoms with van der Waals surface area (Å²) in [4.78, 5) is 47.0. The molecule has 0 aromatic rings. The third kappa shape index (κ3) is 42.0. The van der Waals surface area contributed by atoms with Gasteiger partial charge in [-0.2, -0.15) is 0 Å². The lowest BCUT2D eigenvalue weighted by Crippen LogP contribution is -2.67. The number of methoxy groups -OCH3 is 2. The Hall–Kier alpha value is -1.65. The number of rotatable bonds is 63. The van der Waals surface area contributed by atoms with Crippen molar-refractivity contribution in [3.05, 3.63) is 12.2 Å². The minimum absolute atomic E-state index is 0.0600. The first-order valence-corrected chi connectivity index (χ1v) is 37.9. The van der Waals surface area contributed by atoms with E-state index in [0.29, 0.717) is 32.1 Å². The van der Waals surface area contributed by atoms with Gasteiger partial charge in [-0.15, -0.1) is 0 Å². The largest absolute Gasteiger partial charge is 0.480 e. The molecule has 532 valence electrons. The molecule has 6 N–H and O–H groups in total. The number of ether oxygens (including phenoxy) is 9. The maximum absolute atomic E-state index is 14.2. The molecule has 2 heterocycles. The third-order valence-electron chi connectivity index (χ3n) is 17.6. The predicted molar refractivity (Wildman–Crippen MR) is 355 cm³/mol. The topological polar surface area (TPSA) is 257 Å². The van der Waals surface area contributed by atoms with Gasteiger partial charge in [-0.3, -0.25) is 9.32 Å². The van der Waals surface area contributed by atoms with Crippen LogP contribution < -0.4 is 5.32 Å². The fourth-order valence-corrected chi connectivity index (χ4v) is 12.7. The van der Waals surface area contributed by atoms with Crippen LogP contribution in [0.15, 0.2) is 12.2 Å². The molecule has 0 aromatic carbocycles. The second-order valence-corrected chi connectivity index (χ2v) is 26.8. The molecule has 19 nitrogen and oxygen atoms in total. The van der Waals surface area contributed by atoms with Crippen molar-refractivity contribution in [3.8, 4) is 0 Å². The zero-order valence-corrected chi connectivity index (χ0v) is 58.4. The molecule has 0 aromatic heterocycles. The zero-order chi connectivity index (χ0) is 65.7. The van der Waals surface area contributed by atoms with Gasteiger partial charge >= 0.3 is 13.8 Å². The van der Waals surface area contributed by atoms with E-state index in [0.717, 1.165) is 128 Å². The van der Waals surface area contributed by atoms with Crippen molar-refractivity contribution < 1.29 is 86.4 Å².